The summed E-state index contributed by atoms with van der Waals surface area (Å²) in [5.74, 6) is 1.54. The van der Waals surface area contributed by atoms with E-state index in [4.69, 9.17) is 14.2 Å². The molecule has 0 atom stereocenters. The van der Waals surface area contributed by atoms with Crippen LogP contribution in [-0.4, -0.2) is 25.8 Å². The zero-order valence-electron chi connectivity index (χ0n) is 18.4. The van der Waals surface area contributed by atoms with Crippen molar-refractivity contribution in [1.82, 2.24) is 5.43 Å². The first-order valence-electron chi connectivity index (χ1n) is 10.6. The first kappa shape index (κ1) is 22.9. The van der Waals surface area contributed by atoms with Gasteiger partial charge < -0.3 is 14.2 Å². The Bertz CT molecular complexity index is 1020. The summed E-state index contributed by atoms with van der Waals surface area (Å²) >= 11 is 0. The van der Waals surface area contributed by atoms with Crippen LogP contribution in [0.25, 0.3) is 0 Å². The Balaban J connectivity index is 1.48. The predicted octanol–water partition coefficient (Wildman–Crippen LogP) is 4.76. The van der Waals surface area contributed by atoms with Crippen LogP contribution in [0.15, 0.2) is 77.9 Å². The van der Waals surface area contributed by atoms with Gasteiger partial charge in [0.2, 0.25) is 0 Å². The minimum atomic E-state index is -0.339. The molecule has 3 rings (SSSR count). The third kappa shape index (κ3) is 7.16. The van der Waals surface area contributed by atoms with Crippen LogP contribution >= 0.6 is 0 Å². The summed E-state index contributed by atoms with van der Waals surface area (Å²) < 4.78 is 16.8. The highest BCUT2D eigenvalue weighted by Crippen LogP contribution is 2.28. The third-order valence-corrected chi connectivity index (χ3v) is 4.66. The fourth-order valence-corrected chi connectivity index (χ4v) is 3.02. The van der Waals surface area contributed by atoms with Gasteiger partial charge >= 0.3 is 0 Å². The summed E-state index contributed by atoms with van der Waals surface area (Å²) in [5.41, 5.74) is 5.55. The van der Waals surface area contributed by atoms with Crippen molar-refractivity contribution < 1.29 is 19.0 Å². The van der Waals surface area contributed by atoms with Gasteiger partial charge in [0.25, 0.3) is 5.91 Å². The van der Waals surface area contributed by atoms with Crippen LogP contribution in [0.4, 0.5) is 0 Å². The highest BCUT2D eigenvalue weighted by molar-refractivity contribution is 5.83. The SMILES string of the molecule is CCCc1ccc(OCC(=O)N/N=C/c2ccc(OCc3ccccc3)c(OC)c2)cc1. The van der Waals surface area contributed by atoms with Crippen molar-refractivity contribution in [2.24, 2.45) is 5.10 Å². The van der Waals surface area contributed by atoms with E-state index in [0.29, 0.717) is 23.9 Å². The lowest BCUT2D eigenvalue weighted by Crippen LogP contribution is -2.24. The topological polar surface area (TPSA) is 69.2 Å². The molecule has 0 aliphatic rings. The molecule has 6 nitrogen and oxygen atoms in total. The van der Waals surface area contributed by atoms with E-state index in [-0.39, 0.29) is 12.5 Å². The first-order valence-corrected chi connectivity index (χ1v) is 10.6. The number of aryl methyl sites for hydroxylation is 1. The molecule has 166 valence electrons. The van der Waals surface area contributed by atoms with Gasteiger partial charge in [0.15, 0.2) is 18.1 Å². The summed E-state index contributed by atoms with van der Waals surface area (Å²) in [6, 6.07) is 23.1. The Morgan fingerprint density at radius 1 is 0.938 bits per heavy atom. The van der Waals surface area contributed by atoms with Crippen LogP contribution in [0.5, 0.6) is 17.2 Å². The van der Waals surface area contributed by atoms with Crippen molar-refractivity contribution in [2.45, 2.75) is 26.4 Å². The van der Waals surface area contributed by atoms with E-state index < -0.39 is 0 Å². The molecule has 0 unspecified atom stereocenters. The third-order valence-electron chi connectivity index (χ3n) is 4.66. The maximum atomic E-state index is 12.0. The van der Waals surface area contributed by atoms with Gasteiger partial charge in [-0.3, -0.25) is 4.79 Å². The molecule has 6 heteroatoms. The molecule has 32 heavy (non-hydrogen) atoms. The second kappa shape index (κ2) is 12.2. The maximum Gasteiger partial charge on any atom is 0.277 e. The van der Waals surface area contributed by atoms with E-state index >= 15 is 0 Å². The molecule has 3 aromatic carbocycles. The van der Waals surface area contributed by atoms with Crippen molar-refractivity contribution in [2.75, 3.05) is 13.7 Å². The molecule has 1 amide bonds. The van der Waals surface area contributed by atoms with Gasteiger partial charge in [0, 0.05) is 0 Å². The molecular formula is C26H28N2O4. The molecule has 0 bridgehead atoms. The molecule has 0 spiro atoms. The molecule has 3 aromatic rings. The molecule has 0 fully saturated rings. The van der Waals surface area contributed by atoms with Crippen molar-refractivity contribution in [3.8, 4) is 17.2 Å². The lowest BCUT2D eigenvalue weighted by molar-refractivity contribution is -0.123. The van der Waals surface area contributed by atoms with Crippen LogP contribution in [0, 0.1) is 0 Å². The van der Waals surface area contributed by atoms with E-state index in [0.717, 1.165) is 24.0 Å². The fraction of sp³-hybridized carbons (Fsp3) is 0.231. The minimum Gasteiger partial charge on any atom is -0.493 e. The largest absolute Gasteiger partial charge is 0.493 e. The fourth-order valence-electron chi connectivity index (χ4n) is 3.02. The number of nitrogens with zero attached hydrogens (tertiary/aromatic N) is 1. The molecule has 0 heterocycles. The van der Waals surface area contributed by atoms with Gasteiger partial charge in [-0.05, 0) is 53.4 Å². The average molecular weight is 433 g/mol. The second-order valence-electron chi connectivity index (χ2n) is 7.16. The Hall–Kier alpha value is -3.80. The second-order valence-corrected chi connectivity index (χ2v) is 7.16. The molecule has 0 saturated heterocycles. The highest BCUT2D eigenvalue weighted by atomic mass is 16.5. The van der Waals surface area contributed by atoms with E-state index in [1.54, 1.807) is 19.4 Å². The number of methoxy groups -OCH3 is 1. The van der Waals surface area contributed by atoms with Gasteiger partial charge in [-0.15, -0.1) is 0 Å². The Kier molecular flexibility index (Phi) is 8.69. The van der Waals surface area contributed by atoms with Crippen LogP contribution in [0.2, 0.25) is 0 Å². The molecule has 0 aliphatic heterocycles. The zero-order chi connectivity index (χ0) is 22.6. The van der Waals surface area contributed by atoms with Crippen LogP contribution in [0.1, 0.15) is 30.0 Å². The lowest BCUT2D eigenvalue weighted by Gasteiger charge is -2.11. The average Bonchev–Trinajstić information content (AvgIpc) is 2.83. The molecule has 0 aromatic heterocycles. The number of amides is 1. The van der Waals surface area contributed by atoms with Crippen molar-refractivity contribution in [1.29, 1.82) is 0 Å². The summed E-state index contributed by atoms with van der Waals surface area (Å²) in [6.07, 6.45) is 3.66. The summed E-state index contributed by atoms with van der Waals surface area (Å²) in [6.45, 7) is 2.47. The number of carbonyl (C=O) groups excluding carboxylic acids is 1. The Morgan fingerprint density at radius 2 is 1.72 bits per heavy atom. The van der Waals surface area contributed by atoms with Crippen LogP contribution in [0.3, 0.4) is 0 Å². The summed E-state index contributed by atoms with van der Waals surface area (Å²) in [7, 11) is 1.58. The first-order chi connectivity index (χ1) is 15.7. The molecule has 0 radical (unpaired) electrons. The predicted molar refractivity (Wildman–Crippen MR) is 125 cm³/mol. The zero-order valence-corrected chi connectivity index (χ0v) is 18.4. The summed E-state index contributed by atoms with van der Waals surface area (Å²) in [4.78, 5) is 12.0. The molecule has 1 N–H and O–H groups in total. The number of hydrogen-bond donors (Lipinski definition) is 1. The smallest absolute Gasteiger partial charge is 0.277 e. The Morgan fingerprint density at radius 3 is 2.44 bits per heavy atom. The van der Waals surface area contributed by atoms with Gasteiger partial charge in [-0.25, -0.2) is 5.43 Å². The van der Waals surface area contributed by atoms with E-state index in [1.165, 1.54) is 5.56 Å². The van der Waals surface area contributed by atoms with Crippen molar-refractivity contribution in [3.63, 3.8) is 0 Å². The minimum absolute atomic E-state index is 0.111. The van der Waals surface area contributed by atoms with Crippen molar-refractivity contribution >= 4 is 12.1 Å². The number of nitrogens with one attached hydrogen (secondary N) is 1. The number of rotatable bonds is 11. The number of ether oxygens (including phenoxy) is 3. The molecular weight excluding hydrogens is 404 g/mol. The molecule has 0 aliphatic carbocycles. The lowest BCUT2D eigenvalue weighted by atomic mass is 10.1. The van der Waals surface area contributed by atoms with Crippen molar-refractivity contribution in [3.05, 3.63) is 89.5 Å². The number of hydrazone groups is 1. The van der Waals surface area contributed by atoms with Crippen LogP contribution < -0.4 is 19.6 Å². The van der Waals surface area contributed by atoms with Gasteiger partial charge in [0.1, 0.15) is 12.4 Å². The summed E-state index contributed by atoms with van der Waals surface area (Å²) in [5, 5.41) is 3.99. The Labute approximate surface area is 188 Å². The quantitative estimate of drug-likeness (QED) is 0.351. The van der Waals surface area contributed by atoms with E-state index in [2.05, 4.69) is 17.5 Å². The van der Waals surface area contributed by atoms with Crippen LogP contribution in [-0.2, 0) is 17.8 Å². The van der Waals surface area contributed by atoms with Gasteiger partial charge in [0.05, 0.1) is 13.3 Å². The van der Waals surface area contributed by atoms with Gasteiger partial charge in [-0.2, -0.15) is 5.10 Å². The maximum absolute atomic E-state index is 12.0. The van der Waals surface area contributed by atoms with E-state index in [1.807, 2.05) is 66.7 Å². The number of benzene rings is 3. The monoisotopic (exact) mass is 432 g/mol. The normalized spacial score (nSPS) is 10.7. The van der Waals surface area contributed by atoms with E-state index in [9.17, 15) is 4.79 Å². The molecule has 0 saturated carbocycles. The van der Waals surface area contributed by atoms with Gasteiger partial charge in [-0.1, -0.05) is 55.8 Å². The number of hydrogen-bond acceptors (Lipinski definition) is 5. The highest BCUT2D eigenvalue weighted by Gasteiger charge is 2.06. The number of carbonyl (C=O) groups is 1. The standard InChI is InChI=1S/C26H28N2O4/c1-3-7-20-10-13-23(14-11-20)31-19-26(29)28-27-17-22-12-15-24(25(16-22)30-2)32-18-21-8-5-4-6-9-21/h4-6,8-17H,3,7,18-19H2,1-2H3,(H,28,29)/b27-17+.